The second-order valence-electron chi connectivity index (χ2n) is 6.85. The lowest BCUT2D eigenvalue weighted by atomic mass is 9.89. The predicted octanol–water partition coefficient (Wildman–Crippen LogP) is 3.88. The summed E-state index contributed by atoms with van der Waals surface area (Å²) in [6.07, 6.45) is 3.82. The van der Waals surface area contributed by atoms with Crippen molar-refractivity contribution in [3.8, 4) is 0 Å². The zero-order valence-electron chi connectivity index (χ0n) is 14.4. The molecule has 1 N–H and O–H groups in total. The van der Waals surface area contributed by atoms with E-state index in [0.29, 0.717) is 17.5 Å². The quantitative estimate of drug-likeness (QED) is 0.863. The molecule has 2 atom stereocenters. The molecule has 2 heterocycles. The molecule has 128 valence electrons. The summed E-state index contributed by atoms with van der Waals surface area (Å²) >= 11 is 0. The summed E-state index contributed by atoms with van der Waals surface area (Å²) in [4.78, 5) is 27.3. The third kappa shape index (κ3) is 2.62. The van der Waals surface area contributed by atoms with Gasteiger partial charge in [0.15, 0.2) is 0 Å². The summed E-state index contributed by atoms with van der Waals surface area (Å²) in [6.45, 7) is 2.16. The molecule has 2 aliphatic heterocycles. The average Bonchev–Trinajstić information content (AvgIpc) is 2.90. The van der Waals surface area contributed by atoms with Gasteiger partial charge in [-0.25, -0.2) is 0 Å². The van der Waals surface area contributed by atoms with Crippen molar-refractivity contribution in [2.24, 2.45) is 0 Å². The summed E-state index contributed by atoms with van der Waals surface area (Å²) in [5, 5.41) is 3.58. The third-order valence-corrected chi connectivity index (χ3v) is 5.28. The Bertz CT molecular complexity index is 795. The molecular formula is C21H22N2O2. The summed E-state index contributed by atoms with van der Waals surface area (Å²) in [5.74, 6) is -0.318. The van der Waals surface area contributed by atoms with Gasteiger partial charge in [-0.05, 0) is 36.6 Å². The lowest BCUT2D eigenvalue weighted by Gasteiger charge is -2.39. The van der Waals surface area contributed by atoms with Crippen LogP contribution in [0.1, 0.15) is 52.5 Å². The van der Waals surface area contributed by atoms with Crippen LogP contribution < -0.4 is 5.32 Å². The van der Waals surface area contributed by atoms with Crippen molar-refractivity contribution in [1.82, 2.24) is 4.90 Å². The van der Waals surface area contributed by atoms with Crippen LogP contribution in [0.15, 0.2) is 48.5 Å². The maximum Gasteiger partial charge on any atom is 0.261 e. The van der Waals surface area contributed by atoms with Crippen LogP contribution in [0.25, 0.3) is 0 Å². The number of amides is 2. The summed E-state index contributed by atoms with van der Waals surface area (Å²) < 4.78 is 0. The molecule has 4 rings (SSSR count). The molecule has 4 nitrogen and oxygen atoms in total. The van der Waals surface area contributed by atoms with Crippen molar-refractivity contribution in [2.45, 2.75) is 44.7 Å². The summed E-state index contributed by atoms with van der Waals surface area (Å²) in [7, 11) is 0. The van der Waals surface area contributed by atoms with E-state index < -0.39 is 0 Å². The van der Waals surface area contributed by atoms with Gasteiger partial charge in [0.2, 0.25) is 0 Å². The third-order valence-electron chi connectivity index (χ3n) is 5.28. The first-order valence-corrected chi connectivity index (χ1v) is 9.02. The van der Waals surface area contributed by atoms with Gasteiger partial charge in [-0.15, -0.1) is 0 Å². The highest BCUT2D eigenvalue weighted by Crippen LogP contribution is 2.34. The lowest BCUT2D eigenvalue weighted by Crippen LogP contribution is -2.53. The number of nitrogens with zero attached hydrogens (tertiary/aromatic N) is 1. The summed E-state index contributed by atoms with van der Waals surface area (Å²) in [6, 6.07) is 15.3. The van der Waals surface area contributed by atoms with E-state index in [1.54, 1.807) is 12.1 Å². The van der Waals surface area contributed by atoms with E-state index in [4.69, 9.17) is 0 Å². The highest BCUT2D eigenvalue weighted by molar-refractivity contribution is 6.21. The standard InChI is InChI=1S/C21H22N2O2/c1-2-3-11-18-19(13-14-8-4-7-12-17(14)22-18)23-20(24)15-9-5-6-10-16(15)21(23)25/h4-10,12,18-19,22H,2-3,11,13H2,1H3. The largest absolute Gasteiger partial charge is 0.380 e. The van der Waals surface area contributed by atoms with Crippen molar-refractivity contribution in [1.29, 1.82) is 0 Å². The van der Waals surface area contributed by atoms with Crippen LogP contribution >= 0.6 is 0 Å². The van der Waals surface area contributed by atoms with Crippen molar-refractivity contribution in [2.75, 3.05) is 5.32 Å². The Hall–Kier alpha value is -2.62. The minimum absolute atomic E-state index is 0.0945. The Morgan fingerprint density at radius 1 is 1.00 bits per heavy atom. The number of nitrogens with one attached hydrogen (secondary N) is 1. The van der Waals surface area contributed by atoms with Gasteiger partial charge in [0, 0.05) is 11.7 Å². The minimum Gasteiger partial charge on any atom is -0.380 e. The second-order valence-corrected chi connectivity index (χ2v) is 6.85. The van der Waals surface area contributed by atoms with Crippen molar-refractivity contribution < 1.29 is 9.59 Å². The van der Waals surface area contributed by atoms with Gasteiger partial charge < -0.3 is 5.32 Å². The van der Waals surface area contributed by atoms with E-state index in [1.807, 2.05) is 24.3 Å². The van der Waals surface area contributed by atoms with Gasteiger partial charge in [0.05, 0.1) is 17.2 Å². The maximum atomic E-state index is 12.9. The number of rotatable bonds is 4. The van der Waals surface area contributed by atoms with E-state index >= 15 is 0 Å². The molecule has 0 aliphatic carbocycles. The number of hydrogen-bond acceptors (Lipinski definition) is 3. The SMILES string of the molecule is CCCCC1Nc2ccccc2CC1N1C(=O)c2ccccc2C1=O. The van der Waals surface area contributed by atoms with Crippen LogP contribution in [0.5, 0.6) is 0 Å². The molecule has 0 saturated heterocycles. The van der Waals surface area contributed by atoms with Gasteiger partial charge in [-0.2, -0.15) is 0 Å². The molecule has 4 heteroatoms. The van der Waals surface area contributed by atoms with Gasteiger partial charge in [-0.1, -0.05) is 50.1 Å². The Balaban J connectivity index is 1.70. The number of hydrogen-bond donors (Lipinski definition) is 1. The average molecular weight is 334 g/mol. The van der Waals surface area contributed by atoms with Gasteiger partial charge >= 0.3 is 0 Å². The fraction of sp³-hybridized carbons (Fsp3) is 0.333. The molecule has 2 aliphatic rings. The molecule has 2 aromatic rings. The number of unbranched alkanes of at least 4 members (excludes halogenated alkanes) is 1. The van der Waals surface area contributed by atoms with Crippen molar-refractivity contribution >= 4 is 17.5 Å². The Morgan fingerprint density at radius 2 is 1.64 bits per heavy atom. The van der Waals surface area contributed by atoms with E-state index in [0.717, 1.165) is 30.5 Å². The van der Waals surface area contributed by atoms with Crippen LogP contribution in [0, 0.1) is 0 Å². The molecule has 0 bridgehead atoms. The number of anilines is 1. The van der Waals surface area contributed by atoms with Crippen LogP contribution in [0.3, 0.4) is 0 Å². The molecule has 2 amide bonds. The Kier molecular flexibility index (Phi) is 4.04. The fourth-order valence-electron chi connectivity index (χ4n) is 3.97. The van der Waals surface area contributed by atoms with Gasteiger partial charge in [-0.3, -0.25) is 14.5 Å². The van der Waals surface area contributed by atoms with Crippen LogP contribution in [-0.4, -0.2) is 28.8 Å². The fourth-order valence-corrected chi connectivity index (χ4v) is 3.97. The number of imide groups is 1. The Labute approximate surface area is 147 Å². The topological polar surface area (TPSA) is 49.4 Å². The van der Waals surface area contributed by atoms with E-state index in [9.17, 15) is 9.59 Å². The van der Waals surface area contributed by atoms with Crippen molar-refractivity contribution in [3.05, 3.63) is 65.2 Å². The number of carbonyl (C=O) groups is 2. The molecule has 0 spiro atoms. The van der Waals surface area contributed by atoms with Crippen LogP contribution in [-0.2, 0) is 6.42 Å². The zero-order chi connectivity index (χ0) is 17.4. The normalized spacial score (nSPS) is 21.7. The first-order chi connectivity index (χ1) is 12.2. The van der Waals surface area contributed by atoms with E-state index in [-0.39, 0.29) is 23.9 Å². The molecule has 0 fully saturated rings. The molecule has 0 saturated carbocycles. The molecule has 0 aromatic heterocycles. The van der Waals surface area contributed by atoms with Crippen molar-refractivity contribution in [3.63, 3.8) is 0 Å². The lowest BCUT2D eigenvalue weighted by molar-refractivity contribution is 0.0559. The molecule has 0 radical (unpaired) electrons. The number of benzene rings is 2. The zero-order valence-corrected chi connectivity index (χ0v) is 14.4. The smallest absolute Gasteiger partial charge is 0.261 e. The predicted molar refractivity (Wildman–Crippen MR) is 97.8 cm³/mol. The first-order valence-electron chi connectivity index (χ1n) is 9.02. The first kappa shape index (κ1) is 15.9. The molecule has 25 heavy (non-hydrogen) atoms. The number of fused-ring (bicyclic) bond motifs is 2. The molecular weight excluding hydrogens is 312 g/mol. The minimum atomic E-state index is -0.159. The summed E-state index contributed by atoms with van der Waals surface area (Å²) in [5.41, 5.74) is 3.34. The van der Waals surface area contributed by atoms with Gasteiger partial charge in [0.25, 0.3) is 11.8 Å². The monoisotopic (exact) mass is 334 g/mol. The van der Waals surface area contributed by atoms with Crippen LogP contribution in [0.2, 0.25) is 0 Å². The van der Waals surface area contributed by atoms with Crippen LogP contribution in [0.4, 0.5) is 5.69 Å². The van der Waals surface area contributed by atoms with Gasteiger partial charge in [0.1, 0.15) is 0 Å². The molecule has 2 unspecified atom stereocenters. The molecule has 2 aromatic carbocycles. The van der Waals surface area contributed by atoms with E-state index in [2.05, 4.69) is 24.4 Å². The highest BCUT2D eigenvalue weighted by atomic mass is 16.2. The highest BCUT2D eigenvalue weighted by Gasteiger charge is 2.43. The van der Waals surface area contributed by atoms with E-state index in [1.165, 1.54) is 4.90 Å². The Morgan fingerprint density at radius 3 is 2.32 bits per heavy atom. The second kappa shape index (κ2) is 6.36. The maximum absolute atomic E-state index is 12.9. The number of carbonyl (C=O) groups excluding carboxylic acids is 2. The number of para-hydroxylation sites is 1.